The summed E-state index contributed by atoms with van der Waals surface area (Å²) in [4.78, 5) is 16.4. The molecule has 1 aliphatic heterocycles. The first-order chi connectivity index (χ1) is 15.2. The number of piperazine rings is 1. The van der Waals surface area contributed by atoms with Gasteiger partial charge in [0.2, 0.25) is 0 Å². The fourth-order valence-corrected chi connectivity index (χ4v) is 3.87. The lowest BCUT2D eigenvalue weighted by molar-refractivity contribution is 0.225. The van der Waals surface area contributed by atoms with Gasteiger partial charge in [-0.1, -0.05) is 0 Å². The van der Waals surface area contributed by atoms with Gasteiger partial charge >= 0.3 is 5.63 Å². The first-order valence-corrected chi connectivity index (χ1v) is 10.5. The van der Waals surface area contributed by atoms with Crippen molar-refractivity contribution >= 4 is 16.7 Å². The molecule has 0 aliphatic carbocycles. The van der Waals surface area contributed by atoms with E-state index in [2.05, 4.69) is 21.9 Å². The molecule has 7 nitrogen and oxygen atoms in total. The minimum absolute atomic E-state index is 0.426. The van der Waals surface area contributed by atoms with Gasteiger partial charge < -0.3 is 23.5 Å². The molecule has 0 unspecified atom stereocenters. The van der Waals surface area contributed by atoms with Gasteiger partial charge in [0.25, 0.3) is 0 Å². The Morgan fingerprint density at radius 1 is 0.903 bits per heavy atom. The number of nitrogens with zero attached hydrogens (tertiary/aromatic N) is 2. The van der Waals surface area contributed by atoms with Crippen LogP contribution in [0.5, 0.6) is 17.2 Å². The molecular formula is C24H28N2O5. The molecule has 0 amide bonds. The molecule has 7 heteroatoms. The van der Waals surface area contributed by atoms with Gasteiger partial charge in [-0.15, -0.1) is 0 Å². The standard InChI is InChI=1S/C24H28N2O5/c1-28-19-6-4-18(5-7-19)26-13-11-25(12-14-26)10-3-15-30-20-8-9-22-21(16-20)23(29-2)17-24(27)31-22/h4-9,16-17H,3,10-15H2,1-2H3. The Morgan fingerprint density at radius 3 is 2.35 bits per heavy atom. The first-order valence-electron chi connectivity index (χ1n) is 10.5. The molecule has 0 saturated carbocycles. The van der Waals surface area contributed by atoms with E-state index in [1.165, 1.54) is 18.9 Å². The van der Waals surface area contributed by atoms with E-state index in [1.54, 1.807) is 13.2 Å². The maximum Gasteiger partial charge on any atom is 0.339 e. The van der Waals surface area contributed by atoms with Crippen LogP contribution in [-0.2, 0) is 0 Å². The van der Waals surface area contributed by atoms with Crippen molar-refractivity contribution in [1.29, 1.82) is 0 Å². The number of hydrogen-bond acceptors (Lipinski definition) is 7. The number of hydrogen-bond donors (Lipinski definition) is 0. The summed E-state index contributed by atoms with van der Waals surface area (Å²) in [7, 11) is 3.23. The van der Waals surface area contributed by atoms with Crippen molar-refractivity contribution in [3.63, 3.8) is 0 Å². The third-order valence-corrected chi connectivity index (χ3v) is 5.59. The average molecular weight is 424 g/mol. The number of rotatable bonds is 8. The molecule has 31 heavy (non-hydrogen) atoms. The summed E-state index contributed by atoms with van der Waals surface area (Å²) >= 11 is 0. The fraction of sp³-hybridized carbons (Fsp3) is 0.375. The lowest BCUT2D eigenvalue weighted by Crippen LogP contribution is -2.46. The highest BCUT2D eigenvalue weighted by Gasteiger charge is 2.17. The largest absolute Gasteiger partial charge is 0.497 e. The second kappa shape index (κ2) is 9.75. The third kappa shape index (κ3) is 5.11. The third-order valence-electron chi connectivity index (χ3n) is 5.59. The minimum atomic E-state index is -0.426. The lowest BCUT2D eigenvalue weighted by atomic mass is 10.2. The second-order valence-electron chi connectivity index (χ2n) is 7.52. The van der Waals surface area contributed by atoms with Crippen molar-refractivity contribution < 1.29 is 18.6 Å². The Kier molecular flexibility index (Phi) is 6.62. The molecule has 1 aliphatic rings. The predicted octanol–water partition coefficient (Wildman–Crippen LogP) is 3.40. The van der Waals surface area contributed by atoms with E-state index >= 15 is 0 Å². The minimum Gasteiger partial charge on any atom is -0.497 e. The topological polar surface area (TPSA) is 64.4 Å². The van der Waals surface area contributed by atoms with E-state index in [9.17, 15) is 4.79 Å². The molecule has 0 bridgehead atoms. The number of ether oxygens (including phenoxy) is 3. The van der Waals surface area contributed by atoms with E-state index in [-0.39, 0.29) is 0 Å². The molecular weight excluding hydrogens is 396 g/mol. The smallest absolute Gasteiger partial charge is 0.339 e. The number of anilines is 1. The zero-order valence-electron chi connectivity index (χ0n) is 18.0. The Labute approximate surface area is 181 Å². The number of benzene rings is 2. The van der Waals surface area contributed by atoms with E-state index in [0.717, 1.165) is 56.0 Å². The monoisotopic (exact) mass is 424 g/mol. The molecule has 0 radical (unpaired) electrons. The van der Waals surface area contributed by atoms with Gasteiger partial charge in [0.15, 0.2) is 0 Å². The normalized spacial score (nSPS) is 14.6. The van der Waals surface area contributed by atoms with Crippen LogP contribution in [0, 0.1) is 0 Å². The van der Waals surface area contributed by atoms with E-state index in [1.807, 2.05) is 24.3 Å². The van der Waals surface area contributed by atoms with Crippen LogP contribution in [0.3, 0.4) is 0 Å². The highest BCUT2D eigenvalue weighted by Crippen LogP contribution is 2.27. The van der Waals surface area contributed by atoms with Crippen LogP contribution in [0.15, 0.2) is 57.7 Å². The predicted molar refractivity (Wildman–Crippen MR) is 121 cm³/mol. The number of fused-ring (bicyclic) bond motifs is 1. The molecule has 0 spiro atoms. The van der Waals surface area contributed by atoms with E-state index in [0.29, 0.717) is 17.9 Å². The lowest BCUT2D eigenvalue weighted by Gasteiger charge is -2.36. The molecule has 4 rings (SSSR count). The maximum atomic E-state index is 11.5. The molecule has 0 atom stereocenters. The van der Waals surface area contributed by atoms with Crippen LogP contribution in [0.25, 0.3) is 11.0 Å². The summed E-state index contributed by atoms with van der Waals surface area (Å²) in [6.45, 7) is 5.74. The summed E-state index contributed by atoms with van der Waals surface area (Å²) in [6, 6.07) is 15.0. The van der Waals surface area contributed by atoms with Gasteiger partial charge in [0.05, 0.1) is 32.3 Å². The van der Waals surface area contributed by atoms with Crippen LogP contribution >= 0.6 is 0 Å². The van der Waals surface area contributed by atoms with Gasteiger partial charge in [-0.05, 0) is 48.9 Å². The van der Waals surface area contributed by atoms with Crippen molar-refractivity contribution in [1.82, 2.24) is 4.90 Å². The van der Waals surface area contributed by atoms with Crippen molar-refractivity contribution in [3.8, 4) is 17.2 Å². The highest BCUT2D eigenvalue weighted by atomic mass is 16.5. The van der Waals surface area contributed by atoms with Gasteiger partial charge in [-0.3, -0.25) is 4.90 Å². The quantitative estimate of drug-likeness (QED) is 0.406. The van der Waals surface area contributed by atoms with Gasteiger partial charge in [-0.2, -0.15) is 0 Å². The Balaban J connectivity index is 1.23. The summed E-state index contributed by atoms with van der Waals surface area (Å²) in [5.41, 5.74) is 1.31. The Morgan fingerprint density at radius 2 is 1.65 bits per heavy atom. The molecule has 1 saturated heterocycles. The second-order valence-corrected chi connectivity index (χ2v) is 7.52. The van der Waals surface area contributed by atoms with Crippen LogP contribution in [0.1, 0.15) is 6.42 Å². The van der Waals surface area contributed by atoms with E-state index < -0.39 is 5.63 Å². The molecule has 3 aromatic rings. The zero-order valence-corrected chi connectivity index (χ0v) is 18.0. The molecule has 0 N–H and O–H groups in total. The number of methoxy groups -OCH3 is 2. The van der Waals surface area contributed by atoms with Crippen LogP contribution in [0.4, 0.5) is 5.69 Å². The van der Waals surface area contributed by atoms with Crippen molar-refractivity contribution in [3.05, 3.63) is 59.0 Å². The molecule has 1 fully saturated rings. The average Bonchev–Trinajstić information content (AvgIpc) is 2.82. The molecule has 1 aromatic heterocycles. The molecule has 164 valence electrons. The van der Waals surface area contributed by atoms with Crippen molar-refractivity contribution in [2.45, 2.75) is 6.42 Å². The van der Waals surface area contributed by atoms with Gasteiger partial charge in [0, 0.05) is 38.4 Å². The summed E-state index contributed by atoms with van der Waals surface area (Å²) in [6.07, 6.45) is 0.946. The zero-order chi connectivity index (χ0) is 21.6. The van der Waals surface area contributed by atoms with Crippen molar-refractivity contribution in [2.75, 3.05) is 58.5 Å². The summed E-state index contributed by atoms with van der Waals surface area (Å²) in [5, 5.41) is 0.731. The van der Waals surface area contributed by atoms with Crippen molar-refractivity contribution in [2.24, 2.45) is 0 Å². The first kappa shape index (κ1) is 21.1. The summed E-state index contributed by atoms with van der Waals surface area (Å²) in [5.74, 6) is 2.12. The van der Waals surface area contributed by atoms with Gasteiger partial charge in [-0.25, -0.2) is 4.79 Å². The Hall–Kier alpha value is -3.19. The summed E-state index contributed by atoms with van der Waals surface area (Å²) < 4.78 is 21.7. The Bertz CT molecular complexity index is 1060. The van der Waals surface area contributed by atoms with E-state index in [4.69, 9.17) is 18.6 Å². The SMILES string of the molecule is COc1ccc(N2CCN(CCCOc3ccc4oc(=O)cc(OC)c4c3)CC2)cc1. The van der Waals surface area contributed by atoms with Crippen LogP contribution < -0.4 is 24.7 Å². The highest BCUT2D eigenvalue weighted by molar-refractivity contribution is 5.84. The molecule has 2 aromatic carbocycles. The molecule has 2 heterocycles. The van der Waals surface area contributed by atoms with Crippen LogP contribution in [0.2, 0.25) is 0 Å². The fourth-order valence-electron chi connectivity index (χ4n) is 3.87. The van der Waals surface area contributed by atoms with Gasteiger partial charge in [0.1, 0.15) is 22.8 Å². The van der Waals surface area contributed by atoms with Crippen LogP contribution in [-0.4, -0.2) is 58.5 Å². The maximum absolute atomic E-state index is 11.5.